The number of ether oxygens (including phenoxy) is 1. The average molecular weight is 260 g/mol. The van der Waals surface area contributed by atoms with Gasteiger partial charge in [0.05, 0.1) is 7.11 Å². The van der Waals surface area contributed by atoms with Crippen LogP contribution in [0.25, 0.3) is 0 Å². The van der Waals surface area contributed by atoms with Gasteiger partial charge < -0.3 is 9.53 Å². The molecule has 2 atom stereocenters. The number of methoxy groups -OCH3 is 1. The number of benzene rings is 1. The Hall–Kier alpha value is -1.90. The Bertz CT molecular complexity index is 448. The summed E-state index contributed by atoms with van der Waals surface area (Å²) in [5.74, 6) is -0.0568. The van der Waals surface area contributed by atoms with E-state index in [0.717, 1.165) is 5.56 Å². The van der Waals surface area contributed by atoms with Gasteiger partial charge in [-0.1, -0.05) is 43.3 Å². The molecule has 3 nitrogen and oxygen atoms in total. The maximum atomic E-state index is 11.4. The molecule has 0 bridgehead atoms. The van der Waals surface area contributed by atoms with Crippen molar-refractivity contribution in [3.05, 3.63) is 48.0 Å². The molecule has 1 rings (SSSR count). The maximum absolute atomic E-state index is 11.4. The first-order valence-electron chi connectivity index (χ1n) is 6.35. The highest BCUT2D eigenvalue weighted by molar-refractivity contribution is 5.81. The van der Waals surface area contributed by atoms with Crippen LogP contribution in [0.3, 0.4) is 0 Å². The lowest BCUT2D eigenvalue weighted by Gasteiger charge is -2.20. The highest BCUT2D eigenvalue weighted by Crippen LogP contribution is 2.29. The predicted octanol–water partition coefficient (Wildman–Crippen LogP) is 3.11. The number of hydrogen-bond acceptors (Lipinski definition) is 3. The lowest BCUT2D eigenvalue weighted by molar-refractivity contribution is -0.134. The van der Waals surface area contributed by atoms with E-state index in [0.29, 0.717) is 6.42 Å². The van der Waals surface area contributed by atoms with E-state index in [-0.39, 0.29) is 23.6 Å². The minimum absolute atomic E-state index is 0.0830. The van der Waals surface area contributed by atoms with Crippen molar-refractivity contribution in [2.24, 2.45) is 5.92 Å². The molecule has 0 N–H and O–H groups in total. The summed E-state index contributed by atoms with van der Waals surface area (Å²) in [6.45, 7) is 3.59. The predicted molar refractivity (Wildman–Crippen MR) is 74.8 cm³/mol. The number of esters is 1. The van der Waals surface area contributed by atoms with Crippen LogP contribution in [0.15, 0.2) is 42.5 Å². The van der Waals surface area contributed by atoms with Crippen LogP contribution in [0.4, 0.5) is 0 Å². The molecule has 0 amide bonds. The molecule has 0 aliphatic carbocycles. The molecular weight excluding hydrogens is 240 g/mol. The van der Waals surface area contributed by atoms with Crippen molar-refractivity contribution >= 4 is 11.8 Å². The summed E-state index contributed by atoms with van der Waals surface area (Å²) in [7, 11) is 1.35. The molecule has 0 heterocycles. The van der Waals surface area contributed by atoms with E-state index in [1.54, 1.807) is 13.0 Å². The van der Waals surface area contributed by atoms with Gasteiger partial charge in [0.15, 0.2) is 0 Å². The molecule has 1 aromatic carbocycles. The first kappa shape index (κ1) is 15.2. The molecule has 0 fully saturated rings. The van der Waals surface area contributed by atoms with Gasteiger partial charge in [-0.3, -0.25) is 0 Å². The van der Waals surface area contributed by atoms with Gasteiger partial charge in [-0.2, -0.15) is 0 Å². The number of hydrogen-bond donors (Lipinski definition) is 0. The summed E-state index contributed by atoms with van der Waals surface area (Å²) in [6.07, 6.45) is 3.68. The third-order valence-corrected chi connectivity index (χ3v) is 3.11. The van der Waals surface area contributed by atoms with Crippen molar-refractivity contribution in [1.82, 2.24) is 0 Å². The first-order valence-corrected chi connectivity index (χ1v) is 6.35. The van der Waals surface area contributed by atoms with Crippen molar-refractivity contribution in [1.29, 1.82) is 0 Å². The molecule has 0 aromatic heterocycles. The summed E-state index contributed by atoms with van der Waals surface area (Å²) in [4.78, 5) is 22.5. The Morgan fingerprint density at radius 1 is 1.26 bits per heavy atom. The smallest absolute Gasteiger partial charge is 0.330 e. The van der Waals surface area contributed by atoms with Gasteiger partial charge in [-0.25, -0.2) is 4.79 Å². The highest BCUT2D eigenvalue weighted by Gasteiger charge is 2.19. The van der Waals surface area contributed by atoms with Crippen molar-refractivity contribution < 1.29 is 14.3 Å². The van der Waals surface area contributed by atoms with Crippen LogP contribution >= 0.6 is 0 Å². The number of allylic oxidation sites excluding steroid dienone is 1. The number of rotatable bonds is 6. The van der Waals surface area contributed by atoms with Crippen LogP contribution < -0.4 is 0 Å². The van der Waals surface area contributed by atoms with Gasteiger partial charge in [0.25, 0.3) is 0 Å². The van der Waals surface area contributed by atoms with Crippen LogP contribution in [-0.2, 0) is 14.3 Å². The van der Waals surface area contributed by atoms with E-state index in [1.807, 2.05) is 37.3 Å². The Kier molecular flexibility index (Phi) is 6.00. The molecule has 19 heavy (non-hydrogen) atoms. The minimum atomic E-state index is -0.374. The summed E-state index contributed by atoms with van der Waals surface area (Å²) < 4.78 is 4.57. The molecule has 0 saturated heterocycles. The Balaban J connectivity index is 2.88. The van der Waals surface area contributed by atoms with Gasteiger partial charge in [0.2, 0.25) is 0 Å². The van der Waals surface area contributed by atoms with E-state index in [1.165, 1.54) is 13.2 Å². The molecule has 0 aliphatic heterocycles. The van der Waals surface area contributed by atoms with Gasteiger partial charge in [-0.05, 0) is 24.3 Å². The topological polar surface area (TPSA) is 43.4 Å². The molecule has 0 saturated carbocycles. The number of carbonyl (C=O) groups excluding carboxylic acids is 2. The van der Waals surface area contributed by atoms with Gasteiger partial charge in [0.1, 0.15) is 5.78 Å². The first-order chi connectivity index (χ1) is 9.04. The fourth-order valence-corrected chi connectivity index (χ4v) is 2.05. The van der Waals surface area contributed by atoms with E-state index < -0.39 is 0 Å². The molecule has 0 unspecified atom stereocenters. The van der Waals surface area contributed by atoms with Gasteiger partial charge in [0, 0.05) is 12.5 Å². The Morgan fingerprint density at radius 2 is 1.89 bits per heavy atom. The summed E-state index contributed by atoms with van der Waals surface area (Å²) >= 11 is 0. The molecule has 1 aromatic rings. The molecule has 0 radical (unpaired) electrons. The van der Waals surface area contributed by atoms with Gasteiger partial charge in [-0.15, -0.1) is 0 Å². The van der Waals surface area contributed by atoms with Crippen molar-refractivity contribution in [2.45, 2.75) is 26.2 Å². The zero-order valence-electron chi connectivity index (χ0n) is 11.6. The number of carbonyl (C=O) groups is 2. The third kappa shape index (κ3) is 5.08. The molecular formula is C16H20O3. The normalized spacial score (nSPS) is 14.1. The average Bonchev–Trinajstić information content (AvgIpc) is 2.42. The van der Waals surface area contributed by atoms with Crippen LogP contribution in [0, 0.1) is 5.92 Å². The molecule has 3 heteroatoms. The standard InChI is InChI=1S/C16H20O3/c1-12(9-10-16(18)19-3)15(11-13(2)17)14-7-5-4-6-8-14/h4-10,12,15H,11H2,1-3H3/b10-9+/t12-,15+/m0/s1. The fraction of sp³-hybridized carbons (Fsp3) is 0.375. The SMILES string of the molecule is COC(=O)/C=C/[C@H](C)[C@@H](CC(C)=O)c1ccccc1. The second kappa shape index (κ2) is 7.52. The van der Waals surface area contributed by atoms with Gasteiger partial charge >= 0.3 is 5.97 Å². The molecule has 0 spiro atoms. The molecule has 0 aliphatic rings. The van der Waals surface area contributed by atoms with E-state index in [2.05, 4.69) is 4.74 Å². The third-order valence-electron chi connectivity index (χ3n) is 3.11. The monoisotopic (exact) mass is 260 g/mol. The van der Waals surface area contributed by atoms with Crippen LogP contribution in [0.2, 0.25) is 0 Å². The van der Waals surface area contributed by atoms with E-state index in [9.17, 15) is 9.59 Å². The highest BCUT2D eigenvalue weighted by atomic mass is 16.5. The lowest BCUT2D eigenvalue weighted by Crippen LogP contribution is -2.12. The zero-order chi connectivity index (χ0) is 14.3. The van der Waals surface area contributed by atoms with E-state index in [4.69, 9.17) is 0 Å². The second-order valence-corrected chi connectivity index (χ2v) is 4.66. The number of Topliss-reactive ketones (excluding diaryl/α,β-unsaturated/α-hetero) is 1. The van der Waals surface area contributed by atoms with Crippen molar-refractivity contribution in [2.75, 3.05) is 7.11 Å². The van der Waals surface area contributed by atoms with Crippen LogP contribution in [0.1, 0.15) is 31.7 Å². The Morgan fingerprint density at radius 3 is 2.42 bits per heavy atom. The zero-order valence-corrected chi connectivity index (χ0v) is 11.6. The largest absolute Gasteiger partial charge is 0.466 e. The van der Waals surface area contributed by atoms with Crippen molar-refractivity contribution in [3.8, 4) is 0 Å². The van der Waals surface area contributed by atoms with E-state index >= 15 is 0 Å². The quantitative estimate of drug-likeness (QED) is 0.583. The lowest BCUT2D eigenvalue weighted by atomic mass is 9.83. The van der Waals surface area contributed by atoms with Crippen molar-refractivity contribution in [3.63, 3.8) is 0 Å². The van der Waals surface area contributed by atoms with Crippen LogP contribution in [-0.4, -0.2) is 18.9 Å². The Labute approximate surface area is 114 Å². The maximum Gasteiger partial charge on any atom is 0.330 e. The second-order valence-electron chi connectivity index (χ2n) is 4.66. The summed E-state index contributed by atoms with van der Waals surface area (Å²) in [6, 6.07) is 9.88. The minimum Gasteiger partial charge on any atom is -0.466 e. The number of ketones is 1. The van der Waals surface area contributed by atoms with Crippen LogP contribution in [0.5, 0.6) is 0 Å². The summed E-state index contributed by atoms with van der Waals surface area (Å²) in [5.41, 5.74) is 1.11. The fourth-order valence-electron chi connectivity index (χ4n) is 2.05. The summed E-state index contributed by atoms with van der Waals surface area (Å²) in [5, 5.41) is 0. The molecule has 102 valence electrons.